The van der Waals surface area contributed by atoms with Gasteiger partial charge in [-0.25, -0.2) is 0 Å². The Morgan fingerprint density at radius 1 is 1.20 bits per heavy atom. The highest BCUT2D eigenvalue weighted by Gasteiger charge is 2.28. The molecule has 0 amide bonds. The van der Waals surface area contributed by atoms with Crippen LogP contribution in [0.25, 0.3) is 0 Å². The SMILES string of the molecule is CC1CN(C)C(C)CC1Nc1ccc(CN(C)C)cc1. The highest BCUT2D eigenvalue weighted by molar-refractivity contribution is 5.45. The van der Waals surface area contributed by atoms with Gasteiger partial charge in [0.1, 0.15) is 0 Å². The van der Waals surface area contributed by atoms with Crippen LogP contribution in [-0.2, 0) is 6.54 Å². The predicted octanol–water partition coefficient (Wildman–Crippen LogP) is 2.89. The van der Waals surface area contributed by atoms with E-state index < -0.39 is 0 Å². The lowest BCUT2D eigenvalue weighted by atomic mass is 9.89. The number of piperidine rings is 1. The van der Waals surface area contributed by atoms with E-state index in [0.29, 0.717) is 18.0 Å². The monoisotopic (exact) mass is 275 g/mol. The number of nitrogens with zero attached hydrogens (tertiary/aromatic N) is 2. The van der Waals surface area contributed by atoms with Crippen molar-refractivity contribution >= 4 is 5.69 Å². The van der Waals surface area contributed by atoms with Crippen molar-refractivity contribution in [2.24, 2.45) is 5.92 Å². The fourth-order valence-electron chi connectivity index (χ4n) is 3.03. The third kappa shape index (κ3) is 3.97. The van der Waals surface area contributed by atoms with Crippen LogP contribution in [0.3, 0.4) is 0 Å². The smallest absolute Gasteiger partial charge is 0.0342 e. The molecule has 1 saturated heterocycles. The Kier molecular flexibility index (Phi) is 5.06. The summed E-state index contributed by atoms with van der Waals surface area (Å²) in [5, 5.41) is 3.72. The molecular formula is C17H29N3. The van der Waals surface area contributed by atoms with Crippen LogP contribution in [0.4, 0.5) is 5.69 Å². The van der Waals surface area contributed by atoms with Crippen LogP contribution in [0.1, 0.15) is 25.8 Å². The fourth-order valence-corrected chi connectivity index (χ4v) is 3.03. The van der Waals surface area contributed by atoms with Gasteiger partial charge in [0.15, 0.2) is 0 Å². The second-order valence-corrected chi connectivity index (χ2v) is 6.69. The van der Waals surface area contributed by atoms with Gasteiger partial charge in [-0.3, -0.25) is 0 Å². The molecule has 0 radical (unpaired) electrons. The predicted molar refractivity (Wildman–Crippen MR) is 87.1 cm³/mol. The number of anilines is 1. The first-order valence-electron chi connectivity index (χ1n) is 7.66. The van der Waals surface area contributed by atoms with E-state index >= 15 is 0 Å². The maximum atomic E-state index is 3.72. The summed E-state index contributed by atoms with van der Waals surface area (Å²) in [6, 6.07) is 10.1. The van der Waals surface area contributed by atoms with Gasteiger partial charge in [-0.1, -0.05) is 19.1 Å². The number of hydrogen-bond acceptors (Lipinski definition) is 3. The Hall–Kier alpha value is -1.06. The van der Waals surface area contributed by atoms with Crippen LogP contribution in [0, 0.1) is 5.92 Å². The first-order valence-corrected chi connectivity index (χ1v) is 7.66. The molecule has 1 aliphatic rings. The molecule has 112 valence electrons. The molecule has 3 atom stereocenters. The van der Waals surface area contributed by atoms with E-state index in [-0.39, 0.29) is 0 Å². The van der Waals surface area contributed by atoms with Gasteiger partial charge in [-0.2, -0.15) is 0 Å². The van der Waals surface area contributed by atoms with E-state index in [1.807, 2.05) is 0 Å². The van der Waals surface area contributed by atoms with Crippen LogP contribution >= 0.6 is 0 Å². The molecule has 1 aromatic carbocycles. The summed E-state index contributed by atoms with van der Waals surface area (Å²) in [4.78, 5) is 4.66. The summed E-state index contributed by atoms with van der Waals surface area (Å²) in [5.74, 6) is 0.692. The lowest BCUT2D eigenvalue weighted by molar-refractivity contribution is 0.145. The Labute approximate surface area is 124 Å². The number of benzene rings is 1. The number of nitrogens with one attached hydrogen (secondary N) is 1. The first kappa shape index (κ1) is 15.3. The molecule has 0 aliphatic carbocycles. The van der Waals surface area contributed by atoms with E-state index in [9.17, 15) is 0 Å². The largest absolute Gasteiger partial charge is 0.382 e. The van der Waals surface area contributed by atoms with Crippen LogP contribution in [0.15, 0.2) is 24.3 Å². The van der Waals surface area contributed by atoms with Gasteiger partial charge < -0.3 is 15.1 Å². The number of rotatable bonds is 4. The maximum Gasteiger partial charge on any atom is 0.0342 e. The average Bonchev–Trinajstić information content (AvgIpc) is 2.37. The summed E-state index contributed by atoms with van der Waals surface area (Å²) in [6.45, 7) is 6.85. The second kappa shape index (κ2) is 6.59. The zero-order chi connectivity index (χ0) is 14.7. The van der Waals surface area contributed by atoms with Gasteiger partial charge >= 0.3 is 0 Å². The Bertz CT molecular complexity index is 413. The van der Waals surface area contributed by atoms with Gasteiger partial charge in [-0.05, 0) is 58.1 Å². The van der Waals surface area contributed by atoms with Crippen molar-refractivity contribution in [3.8, 4) is 0 Å². The Balaban J connectivity index is 1.95. The van der Waals surface area contributed by atoms with Crippen molar-refractivity contribution in [3.63, 3.8) is 0 Å². The molecule has 1 aliphatic heterocycles. The lowest BCUT2D eigenvalue weighted by Crippen LogP contribution is -2.48. The second-order valence-electron chi connectivity index (χ2n) is 6.69. The van der Waals surface area contributed by atoms with Crippen molar-refractivity contribution in [2.45, 2.75) is 38.9 Å². The minimum absolute atomic E-state index is 0.584. The number of hydrogen-bond donors (Lipinski definition) is 1. The number of likely N-dealkylation sites (tertiary alicyclic amines) is 1. The molecule has 2 rings (SSSR count). The van der Waals surface area contributed by atoms with Crippen molar-refractivity contribution < 1.29 is 0 Å². The maximum absolute atomic E-state index is 3.72. The van der Waals surface area contributed by atoms with E-state index in [2.05, 4.69) is 74.4 Å². The van der Waals surface area contributed by atoms with E-state index in [1.165, 1.54) is 24.2 Å². The molecule has 1 aromatic rings. The van der Waals surface area contributed by atoms with Crippen LogP contribution in [-0.4, -0.2) is 49.6 Å². The molecule has 0 saturated carbocycles. The quantitative estimate of drug-likeness (QED) is 0.911. The van der Waals surface area contributed by atoms with Crippen molar-refractivity contribution in [3.05, 3.63) is 29.8 Å². The minimum atomic E-state index is 0.584. The van der Waals surface area contributed by atoms with Gasteiger partial charge in [-0.15, -0.1) is 0 Å². The third-order valence-corrected chi connectivity index (χ3v) is 4.42. The summed E-state index contributed by atoms with van der Waals surface area (Å²) in [5.41, 5.74) is 2.62. The molecule has 1 N–H and O–H groups in total. The zero-order valence-corrected chi connectivity index (χ0v) is 13.6. The van der Waals surface area contributed by atoms with Crippen molar-refractivity contribution in [1.82, 2.24) is 9.80 Å². The van der Waals surface area contributed by atoms with E-state index in [0.717, 1.165) is 6.54 Å². The van der Waals surface area contributed by atoms with Gasteiger partial charge in [0.05, 0.1) is 0 Å². The standard InChI is InChI=1S/C17H29N3/c1-13-11-20(5)14(2)10-17(13)18-16-8-6-15(7-9-16)12-19(3)4/h6-9,13-14,17-18H,10-12H2,1-5H3. The molecule has 3 nitrogen and oxygen atoms in total. The normalized spacial score (nSPS) is 27.8. The molecule has 20 heavy (non-hydrogen) atoms. The highest BCUT2D eigenvalue weighted by Crippen LogP contribution is 2.24. The van der Waals surface area contributed by atoms with E-state index in [1.54, 1.807) is 0 Å². The van der Waals surface area contributed by atoms with E-state index in [4.69, 9.17) is 0 Å². The van der Waals surface area contributed by atoms with Crippen LogP contribution in [0.2, 0.25) is 0 Å². The fraction of sp³-hybridized carbons (Fsp3) is 0.647. The topological polar surface area (TPSA) is 18.5 Å². The van der Waals surface area contributed by atoms with Crippen molar-refractivity contribution in [1.29, 1.82) is 0 Å². The Morgan fingerprint density at radius 2 is 1.85 bits per heavy atom. The minimum Gasteiger partial charge on any atom is -0.382 e. The third-order valence-electron chi connectivity index (χ3n) is 4.42. The van der Waals surface area contributed by atoms with Crippen LogP contribution in [0.5, 0.6) is 0 Å². The first-order chi connectivity index (χ1) is 9.45. The average molecular weight is 275 g/mol. The summed E-state index contributed by atoms with van der Waals surface area (Å²) >= 11 is 0. The summed E-state index contributed by atoms with van der Waals surface area (Å²) < 4.78 is 0. The molecule has 3 heteroatoms. The molecule has 3 unspecified atom stereocenters. The molecular weight excluding hydrogens is 246 g/mol. The summed E-state index contributed by atoms with van der Waals surface area (Å²) in [7, 11) is 6.44. The lowest BCUT2D eigenvalue weighted by Gasteiger charge is -2.40. The van der Waals surface area contributed by atoms with Crippen molar-refractivity contribution in [2.75, 3.05) is 33.0 Å². The van der Waals surface area contributed by atoms with Gasteiger partial charge in [0.2, 0.25) is 0 Å². The molecule has 1 heterocycles. The van der Waals surface area contributed by atoms with Gasteiger partial charge in [0, 0.05) is 30.9 Å². The molecule has 0 spiro atoms. The molecule has 0 aromatic heterocycles. The van der Waals surface area contributed by atoms with Crippen LogP contribution < -0.4 is 5.32 Å². The van der Waals surface area contributed by atoms with Gasteiger partial charge in [0.25, 0.3) is 0 Å². The molecule has 1 fully saturated rings. The molecule has 0 bridgehead atoms. The Morgan fingerprint density at radius 3 is 2.45 bits per heavy atom. The summed E-state index contributed by atoms with van der Waals surface area (Å²) in [6.07, 6.45) is 1.22. The zero-order valence-electron chi connectivity index (χ0n) is 13.6. The highest BCUT2D eigenvalue weighted by atomic mass is 15.2.